The molecule has 1 heterocycles. The van der Waals surface area contributed by atoms with Crippen molar-refractivity contribution >= 4 is 11.3 Å². The first kappa shape index (κ1) is 39.5. The van der Waals surface area contributed by atoms with Crippen molar-refractivity contribution in [2.24, 2.45) is 0 Å². The SMILES string of the molecule is CC(C)(C)c1cc(-c2csc(-c3cc(C(C)(C)C)c(O)c(C(C)(C)C)c3)c2-c2cc(C(C)(C)C)c(O)c(C(C)(C)C)c2)cc(C(C)(C)C)c1O. The molecule has 0 spiro atoms. The lowest BCUT2D eigenvalue weighted by atomic mass is 9.75. The van der Waals surface area contributed by atoms with E-state index in [1.165, 1.54) is 0 Å². The Morgan fingerprint density at radius 1 is 0.360 bits per heavy atom. The number of benzene rings is 3. The first-order chi connectivity index (χ1) is 22.3. The largest absolute Gasteiger partial charge is 0.507 e. The summed E-state index contributed by atoms with van der Waals surface area (Å²) in [5, 5.41) is 37.4. The third-order valence-corrected chi connectivity index (χ3v) is 10.9. The van der Waals surface area contributed by atoms with E-state index >= 15 is 0 Å². The quantitative estimate of drug-likeness (QED) is 0.200. The molecule has 272 valence electrons. The van der Waals surface area contributed by atoms with Gasteiger partial charge in [-0.3, -0.25) is 0 Å². The highest BCUT2D eigenvalue weighted by molar-refractivity contribution is 7.14. The first-order valence-corrected chi connectivity index (χ1v) is 19.0. The topological polar surface area (TPSA) is 60.7 Å². The molecule has 4 aromatic rings. The van der Waals surface area contributed by atoms with Crippen LogP contribution in [0.5, 0.6) is 17.2 Å². The third kappa shape index (κ3) is 7.66. The number of phenols is 3. The van der Waals surface area contributed by atoms with Gasteiger partial charge in [-0.25, -0.2) is 0 Å². The molecule has 0 amide bonds. The van der Waals surface area contributed by atoms with Crippen LogP contribution in [0.25, 0.3) is 32.7 Å². The molecular formula is C46H64O3S. The van der Waals surface area contributed by atoms with E-state index in [2.05, 4.69) is 166 Å². The summed E-state index contributed by atoms with van der Waals surface area (Å²) in [6, 6.07) is 13.1. The number of thiophene rings is 1. The lowest BCUT2D eigenvalue weighted by molar-refractivity contribution is 0.422. The fourth-order valence-electron chi connectivity index (χ4n) is 6.83. The molecule has 1 aromatic heterocycles. The Morgan fingerprint density at radius 3 is 0.860 bits per heavy atom. The van der Waals surface area contributed by atoms with Crippen LogP contribution in [0, 0.1) is 0 Å². The Morgan fingerprint density at radius 2 is 0.600 bits per heavy atom. The fraction of sp³-hybridized carbons (Fsp3) is 0.522. The molecule has 0 aliphatic carbocycles. The highest BCUT2D eigenvalue weighted by Crippen LogP contribution is 2.52. The molecule has 3 aromatic carbocycles. The summed E-state index contributed by atoms with van der Waals surface area (Å²) in [7, 11) is 0. The van der Waals surface area contributed by atoms with E-state index in [0.717, 1.165) is 66.1 Å². The molecule has 4 rings (SSSR count). The zero-order valence-corrected chi connectivity index (χ0v) is 35.1. The molecule has 0 unspecified atom stereocenters. The maximum absolute atomic E-state index is 11.8. The summed E-state index contributed by atoms with van der Waals surface area (Å²) in [5.41, 5.74) is 9.16. The summed E-state index contributed by atoms with van der Waals surface area (Å²) in [6.45, 7) is 38.8. The van der Waals surface area contributed by atoms with Gasteiger partial charge in [0.05, 0.1) is 0 Å². The monoisotopic (exact) mass is 696 g/mol. The Kier molecular flexibility index (Phi) is 9.86. The molecular weight excluding hydrogens is 633 g/mol. The molecule has 3 N–H and O–H groups in total. The summed E-state index contributed by atoms with van der Waals surface area (Å²) < 4.78 is 0. The van der Waals surface area contributed by atoms with Crippen LogP contribution in [0.15, 0.2) is 41.8 Å². The van der Waals surface area contributed by atoms with Crippen molar-refractivity contribution in [2.45, 2.75) is 157 Å². The van der Waals surface area contributed by atoms with E-state index in [9.17, 15) is 15.3 Å². The Labute approximate surface area is 307 Å². The minimum atomic E-state index is -0.300. The van der Waals surface area contributed by atoms with Gasteiger partial charge in [-0.15, -0.1) is 11.3 Å². The van der Waals surface area contributed by atoms with Gasteiger partial charge in [-0.05, 0) is 91.0 Å². The standard InChI is InChI=1S/C46H64O3S/c1-41(2,3)30-19-26(20-31(37(30)47)42(4,5)6)29-25-50-40(28-23-34(45(13,14)15)39(49)35(24-28)46(16,17)18)36(29)27-21-32(43(7,8)9)38(48)33(22-27)44(10,11)12/h19-25,47-49H,1-18H3. The second-order valence-electron chi connectivity index (χ2n) is 20.6. The van der Waals surface area contributed by atoms with Crippen LogP contribution >= 0.6 is 11.3 Å². The van der Waals surface area contributed by atoms with Gasteiger partial charge in [-0.1, -0.05) is 125 Å². The van der Waals surface area contributed by atoms with Crippen LogP contribution in [0.1, 0.15) is 158 Å². The predicted octanol–water partition coefficient (Wildman–Crippen LogP) is 13.7. The molecule has 3 nitrogen and oxygen atoms in total. The van der Waals surface area contributed by atoms with E-state index in [-0.39, 0.29) is 32.5 Å². The number of hydrogen-bond donors (Lipinski definition) is 3. The van der Waals surface area contributed by atoms with Crippen LogP contribution in [0.2, 0.25) is 0 Å². The van der Waals surface area contributed by atoms with Crippen molar-refractivity contribution in [3.8, 4) is 49.9 Å². The van der Waals surface area contributed by atoms with Crippen molar-refractivity contribution in [1.82, 2.24) is 0 Å². The van der Waals surface area contributed by atoms with Crippen LogP contribution < -0.4 is 0 Å². The van der Waals surface area contributed by atoms with Crippen molar-refractivity contribution in [1.29, 1.82) is 0 Å². The van der Waals surface area contributed by atoms with Gasteiger partial charge in [0.2, 0.25) is 0 Å². The molecule has 0 saturated heterocycles. The van der Waals surface area contributed by atoms with Crippen LogP contribution in [-0.2, 0) is 32.5 Å². The van der Waals surface area contributed by atoms with Gasteiger partial charge in [0, 0.05) is 49.4 Å². The van der Waals surface area contributed by atoms with Crippen LogP contribution in [-0.4, -0.2) is 15.3 Å². The smallest absolute Gasteiger partial charge is 0.123 e. The molecule has 0 aliphatic rings. The molecule has 0 radical (unpaired) electrons. The zero-order chi connectivity index (χ0) is 38.3. The molecule has 50 heavy (non-hydrogen) atoms. The minimum Gasteiger partial charge on any atom is -0.507 e. The number of rotatable bonds is 3. The Bertz CT molecular complexity index is 1710. The minimum absolute atomic E-state index is 0.280. The Hall–Kier alpha value is -3.24. The second kappa shape index (κ2) is 12.5. The van der Waals surface area contributed by atoms with E-state index < -0.39 is 0 Å². The highest BCUT2D eigenvalue weighted by Gasteiger charge is 2.33. The van der Waals surface area contributed by atoms with Crippen molar-refractivity contribution in [3.05, 3.63) is 75.2 Å². The predicted molar refractivity (Wildman–Crippen MR) is 218 cm³/mol. The lowest BCUT2D eigenvalue weighted by Crippen LogP contribution is -2.18. The van der Waals surface area contributed by atoms with E-state index in [1.807, 2.05) is 0 Å². The third-order valence-electron chi connectivity index (χ3n) is 9.83. The molecule has 0 atom stereocenters. The average Bonchev–Trinajstić information content (AvgIpc) is 3.34. The van der Waals surface area contributed by atoms with Gasteiger partial charge in [0.25, 0.3) is 0 Å². The van der Waals surface area contributed by atoms with Gasteiger partial charge in [0.15, 0.2) is 0 Å². The highest BCUT2D eigenvalue weighted by atomic mass is 32.1. The van der Waals surface area contributed by atoms with Crippen molar-refractivity contribution in [3.63, 3.8) is 0 Å². The van der Waals surface area contributed by atoms with Gasteiger partial charge < -0.3 is 15.3 Å². The van der Waals surface area contributed by atoms with Crippen LogP contribution in [0.3, 0.4) is 0 Å². The number of hydrogen-bond acceptors (Lipinski definition) is 4. The molecule has 0 aliphatic heterocycles. The molecule has 4 heteroatoms. The maximum atomic E-state index is 11.8. The van der Waals surface area contributed by atoms with E-state index in [1.54, 1.807) is 11.3 Å². The average molecular weight is 697 g/mol. The fourth-order valence-corrected chi connectivity index (χ4v) is 7.92. The summed E-state index contributed by atoms with van der Waals surface area (Å²) in [6.07, 6.45) is 0. The Balaban J connectivity index is 2.29. The van der Waals surface area contributed by atoms with Gasteiger partial charge in [-0.2, -0.15) is 0 Å². The zero-order valence-electron chi connectivity index (χ0n) is 34.3. The van der Waals surface area contributed by atoms with Crippen molar-refractivity contribution < 1.29 is 15.3 Å². The normalized spacial score (nSPS) is 13.6. The van der Waals surface area contributed by atoms with E-state index in [0.29, 0.717) is 17.2 Å². The summed E-state index contributed by atoms with van der Waals surface area (Å²) in [5.74, 6) is 1.09. The van der Waals surface area contributed by atoms with Gasteiger partial charge in [0.1, 0.15) is 17.2 Å². The molecule has 0 fully saturated rings. The molecule has 0 bridgehead atoms. The van der Waals surface area contributed by atoms with Crippen LogP contribution in [0.4, 0.5) is 0 Å². The van der Waals surface area contributed by atoms with E-state index in [4.69, 9.17) is 0 Å². The number of phenolic OH excluding ortho intramolecular Hbond substituents is 3. The first-order valence-electron chi connectivity index (χ1n) is 18.1. The summed E-state index contributed by atoms with van der Waals surface area (Å²) in [4.78, 5) is 1.11. The molecule has 0 saturated carbocycles. The number of aromatic hydroxyl groups is 3. The second-order valence-corrected chi connectivity index (χ2v) is 21.5. The lowest BCUT2D eigenvalue weighted by Gasteiger charge is -2.30. The van der Waals surface area contributed by atoms with Gasteiger partial charge >= 0.3 is 0 Å². The summed E-state index contributed by atoms with van der Waals surface area (Å²) >= 11 is 1.72. The maximum Gasteiger partial charge on any atom is 0.123 e. The van der Waals surface area contributed by atoms with Crippen molar-refractivity contribution in [2.75, 3.05) is 0 Å².